The van der Waals surface area contributed by atoms with Gasteiger partial charge in [0.05, 0.1) is 7.11 Å². The van der Waals surface area contributed by atoms with E-state index in [-0.39, 0.29) is 0 Å². The molecule has 2 aromatic rings. The van der Waals surface area contributed by atoms with E-state index in [1.54, 1.807) is 19.0 Å². The van der Waals surface area contributed by atoms with Crippen LogP contribution in [0, 0.1) is 0 Å². The number of para-hydroxylation sites is 1. The zero-order valence-electron chi connectivity index (χ0n) is 15.5. The van der Waals surface area contributed by atoms with E-state index in [4.69, 9.17) is 4.74 Å². The molecule has 138 valence electrons. The number of methoxy groups -OCH3 is 1. The fourth-order valence-corrected chi connectivity index (χ4v) is 3.27. The van der Waals surface area contributed by atoms with Gasteiger partial charge in [-0.15, -0.1) is 0 Å². The van der Waals surface area contributed by atoms with Crippen LogP contribution in [0.1, 0.15) is 37.7 Å². The van der Waals surface area contributed by atoms with Gasteiger partial charge in [-0.3, -0.25) is 0 Å². The quantitative estimate of drug-likeness (QED) is 0.653. The molecule has 0 amide bonds. The minimum absolute atomic E-state index is 0.795. The van der Waals surface area contributed by atoms with Crippen molar-refractivity contribution in [2.24, 2.45) is 0 Å². The molecule has 0 saturated carbocycles. The molecule has 5 heteroatoms. The highest BCUT2D eigenvalue weighted by Gasteiger charge is 2.05. The smallest absolute Gasteiger partial charge is 0.131 e. The van der Waals surface area contributed by atoms with Gasteiger partial charge >= 0.3 is 0 Å². The standard InChI is InChI=1S/C21H28N4O/c1-26-19-10-6-5-9-18(19)12-14-23-21-15-20(24-16-25-21)22-13-11-17-7-3-2-4-8-17/h5-7,9-10,15-16H,2-4,8,11-14H2,1H3,(H2,22,23,24,25). The number of aromatic nitrogens is 2. The molecule has 1 aromatic heterocycles. The van der Waals surface area contributed by atoms with Crippen molar-refractivity contribution in [2.75, 3.05) is 30.8 Å². The summed E-state index contributed by atoms with van der Waals surface area (Å²) in [5.41, 5.74) is 2.77. The summed E-state index contributed by atoms with van der Waals surface area (Å²) >= 11 is 0. The summed E-state index contributed by atoms with van der Waals surface area (Å²) in [6, 6.07) is 10.1. The first kappa shape index (κ1) is 18.2. The van der Waals surface area contributed by atoms with Crippen LogP contribution in [0.15, 0.2) is 48.3 Å². The van der Waals surface area contributed by atoms with Gasteiger partial charge in [-0.1, -0.05) is 29.8 Å². The lowest BCUT2D eigenvalue weighted by Gasteiger charge is -2.13. The van der Waals surface area contributed by atoms with Crippen molar-refractivity contribution < 1.29 is 4.74 Å². The Hall–Kier alpha value is -2.56. The summed E-state index contributed by atoms with van der Waals surface area (Å²) in [6.45, 7) is 1.72. The van der Waals surface area contributed by atoms with E-state index < -0.39 is 0 Å². The van der Waals surface area contributed by atoms with Crippen molar-refractivity contribution >= 4 is 11.6 Å². The van der Waals surface area contributed by atoms with E-state index in [0.717, 1.165) is 43.3 Å². The summed E-state index contributed by atoms with van der Waals surface area (Å²) in [4.78, 5) is 8.62. The normalized spacial score (nSPS) is 13.8. The Morgan fingerprint density at radius 2 is 1.77 bits per heavy atom. The Kier molecular flexibility index (Phi) is 6.88. The first-order chi connectivity index (χ1) is 12.8. The third-order valence-corrected chi connectivity index (χ3v) is 4.70. The molecule has 1 heterocycles. The molecule has 5 nitrogen and oxygen atoms in total. The highest BCUT2D eigenvalue weighted by atomic mass is 16.5. The second-order valence-corrected chi connectivity index (χ2v) is 6.56. The van der Waals surface area contributed by atoms with Crippen molar-refractivity contribution in [1.29, 1.82) is 0 Å². The zero-order chi connectivity index (χ0) is 18.0. The summed E-state index contributed by atoms with van der Waals surface area (Å²) in [5.74, 6) is 2.64. The SMILES string of the molecule is COc1ccccc1CCNc1cc(NCCC2=CCCCC2)ncn1. The molecule has 0 unspecified atom stereocenters. The first-order valence-electron chi connectivity index (χ1n) is 9.45. The van der Waals surface area contributed by atoms with Gasteiger partial charge in [0.15, 0.2) is 0 Å². The van der Waals surface area contributed by atoms with E-state index in [9.17, 15) is 0 Å². The Morgan fingerprint density at radius 3 is 2.50 bits per heavy atom. The van der Waals surface area contributed by atoms with E-state index in [0.29, 0.717) is 0 Å². The molecule has 3 rings (SSSR count). The minimum atomic E-state index is 0.795. The van der Waals surface area contributed by atoms with Crippen molar-refractivity contribution in [3.05, 3.63) is 53.9 Å². The molecule has 0 bridgehead atoms. The van der Waals surface area contributed by atoms with Crippen LogP contribution in [0.5, 0.6) is 5.75 Å². The number of allylic oxidation sites excluding steroid dienone is 1. The van der Waals surface area contributed by atoms with Crippen LogP contribution in [0.3, 0.4) is 0 Å². The van der Waals surface area contributed by atoms with Crippen molar-refractivity contribution in [3.8, 4) is 5.75 Å². The number of nitrogens with zero attached hydrogens (tertiary/aromatic N) is 2. The molecule has 0 spiro atoms. The Balaban J connectivity index is 1.45. The zero-order valence-corrected chi connectivity index (χ0v) is 15.5. The van der Waals surface area contributed by atoms with Crippen molar-refractivity contribution in [2.45, 2.75) is 38.5 Å². The fourth-order valence-electron chi connectivity index (χ4n) is 3.27. The average Bonchev–Trinajstić information content (AvgIpc) is 2.69. The highest BCUT2D eigenvalue weighted by molar-refractivity contribution is 5.46. The van der Waals surface area contributed by atoms with Gasteiger partial charge in [0.2, 0.25) is 0 Å². The van der Waals surface area contributed by atoms with Crippen LogP contribution in [0.25, 0.3) is 0 Å². The maximum absolute atomic E-state index is 5.39. The molecule has 0 atom stereocenters. The topological polar surface area (TPSA) is 59.1 Å². The van der Waals surface area contributed by atoms with Gasteiger partial charge in [0.1, 0.15) is 23.7 Å². The summed E-state index contributed by atoms with van der Waals surface area (Å²) in [7, 11) is 1.71. The Morgan fingerprint density at radius 1 is 1.00 bits per heavy atom. The highest BCUT2D eigenvalue weighted by Crippen LogP contribution is 2.20. The minimum Gasteiger partial charge on any atom is -0.496 e. The molecule has 1 aliphatic rings. The number of hydrogen-bond donors (Lipinski definition) is 2. The van der Waals surface area contributed by atoms with Crippen LogP contribution < -0.4 is 15.4 Å². The van der Waals surface area contributed by atoms with Crippen LogP contribution in [0.4, 0.5) is 11.6 Å². The lowest BCUT2D eigenvalue weighted by molar-refractivity contribution is 0.410. The molecular formula is C21H28N4O. The Labute approximate surface area is 155 Å². The van der Waals surface area contributed by atoms with E-state index in [1.807, 2.05) is 24.3 Å². The van der Waals surface area contributed by atoms with Gasteiger partial charge in [-0.2, -0.15) is 0 Å². The monoisotopic (exact) mass is 352 g/mol. The second kappa shape index (κ2) is 9.80. The maximum atomic E-state index is 5.39. The number of benzene rings is 1. The largest absolute Gasteiger partial charge is 0.496 e. The predicted octanol–water partition coefficient (Wildman–Crippen LogP) is 4.44. The van der Waals surface area contributed by atoms with Crippen molar-refractivity contribution in [1.82, 2.24) is 9.97 Å². The fraction of sp³-hybridized carbons (Fsp3) is 0.429. The van der Waals surface area contributed by atoms with Crippen molar-refractivity contribution in [3.63, 3.8) is 0 Å². The van der Waals surface area contributed by atoms with Crippen LogP contribution >= 0.6 is 0 Å². The van der Waals surface area contributed by atoms with E-state index in [1.165, 1.54) is 31.2 Å². The summed E-state index contributed by atoms with van der Waals surface area (Å²) in [5, 5.41) is 6.77. The first-order valence-corrected chi connectivity index (χ1v) is 9.45. The molecular weight excluding hydrogens is 324 g/mol. The number of nitrogens with one attached hydrogen (secondary N) is 2. The molecule has 0 aliphatic heterocycles. The number of rotatable bonds is 9. The van der Waals surface area contributed by atoms with E-state index in [2.05, 4.69) is 32.7 Å². The second-order valence-electron chi connectivity index (χ2n) is 6.56. The number of hydrogen-bond acceptors (Lipinski definition) is 5. The van der Waals surface area contributed by atoms with Gasteiger partial charge in [0, 0.05) is 19.2 Å². The molecule has 26 heavy (non-hydrogen) atoms. The molecule has 0 radical (unpaired) electrons. The molecule has 2 N–H and O–H groups in total. The molecule has 0 saturated heterocycles. The Bertz CT molecular complexity index is 729. The van der Waals surface area contributed by atoms with Crippen LogP contribution in [-0.4, -0.2) is 30.2 Å². The van der Waals surface area contributed by atoms with E-state index >= 15 is 0 Å². The third-order valence-electron chi connectivity index (χ3n) is 4.70. The maximum Gasteiger partial charge on any atom is 0.131 e. The van der Waals surface area contributed by atoms with Crippen LogP contribution in [-0.2, 0) is 6.42 Å². The molecule has 1 aliphatic carbocycles. The average molecular weight is 352 g/mol. The molecule has 1 aromatic carbocycles. The van der Waals surface area contributed by atoms with Gasteiger partial charge in [-0.05, 0) is 50.2 Å². The van der Waals surface area contributed by atoms with Gasteiger partial charge in [0.25, 0.3) is 0 Å². The third kappa shape index (κ3) is 5.48. The summed E-state index contributed by atoms with van der Waals surface area (Å²) in [6.07, 6.45) is 11.1. The predicted molar refractivity (Wildman–Crippen MR) is 107 cm³/mol. The van der Waals surface area contributed by atoms with Gasteiger partial charge < -0.3 is 15.4 Å². The molecule has 0 fully saturated rings. The number of anilines is 2. The number of ether oxygens (including phenoxy) is 1. The van der Waals surface area contributed by atoms with Crippen LogP contribution in [0.2, 0.25) is 0 Å². The summed E-state index contributed by atoms with van der Waals surface area (Å²) < 4.78 is 5.39. The lowest BCUT2D eigenvalue weighted by Crippen LogP contribution is -2.09. The lowest BCUT2D eigenvalue weighted by atomic mass is 9.97. The van der Waals surface area contributed by atoms with Gasteiger partial charge in [-0.25, -0.2) is 9.97 Å².